The molecule has 0 aliphatic rings. The third-order valence-electron chi connectivity index (χ3n) is 2.29. The van der Waals surface area contributed by atoms with Crippen molar-refractivity contribution >= 4 is 22.4 Å². The Hall–Kier alpha value is -1.17. The molecule has 1 aromatic rings. The molecular weight excluding hydrogens is 226 g/mol. The van der Waals surface area contributed by atoms with Crippen LogP contribution in [0.15, 0.2) is 0 Å². The summed E-state index contributed by atoms with van der Waals surface area (Å²) in [6, 6.07) is 0. The first-order valence-corrected chi connectivity index (χ1v) is 6.15. The number of nitrogens with one attached hydrogen (secondary N) is 1. The maximum atomic E-state index is 10.4. The zero-order valence-electron chi connectivity index (χ0n) is 9.56. The van der Waals surface area contributed by atoms with Crippen molar-refractivity contribution in [3.05, 3.63) is 5.01 Å². The third kappa shape index (κ3) is 5.06. The van der Waals surface area contributed by atoms with Crippen LogP contribution in [0.4, 0.5) is 5.13 Å². The Morgan fingerprint density at radius 3 is 2.81 bits per heavy atom. The molecule has 1 heterocycles. The van der Waals surface area contributed by atoms with E-state index in [4.69, 9.17) is 5.11 Å². The number of carboxylic acids is 1. The summed E-state index contributed by atoms with van der Waals surface area (Å²) >= 11 is 1.53. The second-order valence-corrected chi connectivity index (χ2v) is 5.06. The summed E-state index contributed by atoms with van der Waals surface area (Å²) in [6.45, 7) is 4.80. The summed E-state index contributed by atoms with van der Waals surface area (Å²) in [5.41, 5.74) is 0. The zero-order valence-corrected chi connectivity index (χ0v) is 10.4. The van der Waals surface area contributed by atoms with Gasteiger partial charge in [0.05, 0.1) is 0 Å². The van der Waals surface area contributed by atoms with Gasteiger partial charge in [-0.15, -0.1) is 10.2 Å². The summed E-state index contributed by atoms with van der Waals surface area (Å²) < 4.78 is 0. The minimum Gasteiger partial charge on any atom is -0.481 e. The highest BCUT2D eigenvalue weighted by Crippen LogP contribution is 2.15. The van der Waals surface area contributed by atoms with E-state index in [2.05, 4.69) is 22.4 Å². The van der Waals surface area contributed by atoms with E-state index in [0.29, 0.717) is 5.92 Å². The maximum Gasteiger partial charge on any atom is 0.303 e. The van der Waals surface area contributed by atoms with Crippen molar-refractivity contribution in [3.63, 3.8) is 0 Å². The molecule has 0 saturated carbocycles. The van der Waals surface area contributed by atoms with Crippen LogP contribution in [0.1, 0.15) is 31.2 Å². The van der Waals surface area contributed by atoms with Crippen LogP contribution in [0.5, 0.6) is 0 Å². The van der Waals surface area contributed by atoms with E-state index in [-0.39, 0.29) is 6.42 Å². The van der Waals surface area contributed by atoms with Gasteiger partial charge in [0.25, 0.3) is 0 Å². The van der Waals surface area contributed by atoms with Gasteiger partial charge in [0, 0.05) is 13.0 Å². The summed E-state index contributed by atoms with van der Waals surface area (Å²) in [7, 11) is 0. The van der Waals surface area contributed by atoms with Gasteiger partial charge in [-0.1, -0.05) is 18.3 Å². The standard InChI is InChI=1S/C10H17N3O2S/c1-7(3-4-9(14)15)5-6-11-10-13-12-8(2)16-10/h7H,3-6H2,1-2H3,(H,11,13)(H,14,15). The van der Waals surface area contributed by atoms with Crippen molar-refractivity contribution in [2.24, 2.45) is 5.92 Å². The minimum atomic E-state index is -0.723. The van der Waals surface area contributed by atoms with Crippen molar-refractivity contribution in [1.82, 2.24) is 10.2 Å². The number of nitrogens with zero attached hydrogens (tertiary/aromatic N) is 2. The third-order valence-corrected chi connectivity index (χ3v) is 3.09. The number of carboxylic acid groups (broad SMARTS) is 1. The summed E-state index contributed by atoms with van der Waals surface area (Å²) in [4.78, 5) is 10.4. The van der Waals surface area contributed by atoms with E-state index in [0.717, 1.165) is 29.5 Å². The summed E-state index contributed by atoms with van der Waals surface area (Å²) in [5, 5.41) is 21.4. The number of aryl methyl sites for hydroxylation is 1. The molecule has 0 aliphatic carbocycles. The van der Waals surface area contributed by atoms with Crippen molar-refractivity contribution in [2.45, 2.75) is 33.1 Å². The molecule has 0 aromatic carbocycles. The van der Waals surface area contributed by atoms with Gasteiger partial charge in [-0.25, -0.2) is 0 Å². The molecule has 0 bridgehead atoms. The maximum absolute atomic E-state index is 10.4. The summed E-state index contributed by atoms with van der Waals surface area (Å²) in [6.07, 6.45) is 1.93. The number of rotatable bonds is 7. The lowest BCUT2D eigenvalue weighted by molar-refractivity contribution is -0.137. The number of hydrogen-bond acceptors (Lipinski definition) is 5. The van der Waals surface area contributed by atoms with Crippen LogP contribution in [0.3, 0.4) is 0 Å². The Morgan fingerprint density at radius 1 is 1.50 bits per heavy atom. The molecule has 16 heavy (non-hydrogen) atoms. The first-order valence-electron chi connectivity index (χ1n) is 5.33. The molecule has 0 spiro atoms. The lowest BCUT2D eigenvalue weighted by Crippen LogP contribution is -2.08. The van der Waals surface area contributed by atoms with Crippen LogP contribution in [0, 0.1) is 12.8 Å². The Labute approximate surface area is 98.9 Å². The second kappa shape index (κ2) is 6.42. The molecule has 90 valence electrons. The average molecular weight is 243 g/mol. The molecule has 0 radical (unpaired) electrons. The Kier molecular flexibility index (Phi) is 5.18. The predicted octanol–water partition coefficient (Wildman–Crippen LogP) is 2.15. The number of carbonyl (C=O) groups is 1. The van der Waals surface area contributed by atoms with Crippen LogP contribution < -0.4 is 5.32 Å². The molecule has 2 N–H and O–H groups in total. The Balaban J connectivity index is 2.13. The Morgan fingerprint density at radius 2 is 2.25 bits per heavy atom. The van der Waals surface area contributed by atoms with Gasteiger partial charge < -0.3 is 10.4 Å². The van der Waals surface area contributed by atoms with Crippen LogP contribution in [0.2, 0.25) is 0 Å². The van der Waals surface area contributed by atoms with E-state index >= 15 is 0 Å². The molecule has 6 heteroatoms. The predicted molar refractivity (Wildman–Crippen MR) is 63.8 cm³/mol. The van der Waals surface area contributed by atoms with Crippen LogP contribution in [-0.2, 0) is 4.79 Å². The van der Waals surface area contributed by atoms with Gasteiger partial charge in [-0.2, -0.15) is 0 Å². The molecule has 1 atom stereocenters. The lowest BCUT2D eigenvalue weighted by atomic mass is 10.0. The molecule has 0 saturated heterocycles. The lowest BCUT2D eigenvalue weighted by Gasteiger charge is -2.09. The molecular formula is C10H17N3O2S. The minimum absolute atomic E-state index is 0.249. The molecule has 1 unspecified atom stereocenters. The van der Waals surface area contributed by atoms with Crippen LogP contribution in [0.25, 0.3) is 0 Å². The fourth-order valence-electron chi connectivity index (χ4n) is 1.31. The summed E-state index contributed by atoms with van der Waals surface area (Å²) in [5.74, 6) is -0.308. The molecule has 1 aromatic heterocycles. The average Bonchev–Trinajstić information content (AvgIpc) is 2.61. The van der Waals surface area contributed by atoms with Crippen LogP contribution in [-0.4, -0.2) is 27.8 Å². The quantitative estimate of drug-likeness (QED) is 0.767. The molecule has 0 fully saturated rings. The highest BCUT2D eigenvalue weighted by atomic mass is 32.1. The number of aromatic nitrogens is 2. The zero-order chi connectivity index (χ0) is 12.0. The van der Waals surface area contributed by atoms with Crippen molar-refractivity contribution in [1.29, 1.82) is 0 Å². The first-order chi connectivity index (χ1) is 7.58. The monoisotopic (exact) mass is 243 g/mol. The highest BCUT2D eigenvalue weighted by molar-refractivity contribution is 7.15. The smallest absolute Gasteiger partial charge is 0.303 e. The van der Waals surface area contributed by atoms with Gasteiger partial charge in [-0.3, -0.25) is 4.79 Å². The SMILES string of the molecule is Cc1nnc(NCCC(C)CCC(=O)O)s1. The molecule has 0 amide bonds. The first kappa shape index (κ1) is 12.9. The van der Waals surface area contributed by atoms with E-state index in [1.165, 1.54) is 11.3 Å². The largest absolute Gasteiger partial charge is 0.481 e. The van der Waals surface area contributed by atoms with Crippen molar-refractivity contribution in [3.8, 4) is 0 Å². The van der Waals surface area contributed by atoms with E-state index in [1.54, 1.807) is 0 Å². The normalized spacial score (nSPS) is 12.4. The van der Waals surface area contributed by atoms with Gasteiger partial charge >= 0.3 is 5.97 Å². The van der Waals surface area contributed by atoms with E-state index in [1.807, 2.05) is 6.92 Å². The number of hydrogen-bond donors (Lipinski definition) is 2. The van der Waals surface area contributed by atoms with E-state index < -0.39 is 5.97 Å². The fraction of sp³-hybridized carbons (Fsp3) is 0.700. The second-order valence-electron chi connectivity index (χ2n) is 3.88. The van der Waals surface area contributed by atoms with Gasteiger partial charge in [0.15, 0.2) is 0 Å². The fourth-order valence-corrected chi connectivity index (χ4v) is 1.93. The van der Waals surface area contributed by atoms with Crippen LogP contribution >= 0.6 is 11.3 Å². The molecule has 1 rings (SSSR count). The highest BCUT2D eigenvalue weighted by Gasteiger charge is 2.06. The van der Waals surface area contributed by atoms with Gasteiger partial charge in [-0.05, 0) is 25.7 Å². The van der Waals surface area contributed by atoms with Gasteiger partial charge in [0.2, 0.25) is 5.13 Å². The van der Waals surface area contributed by atoms with Crippen molar-refractivity contribution < 1.29 is 9.90 Å². The van der Waals surface area contributed by atoms with Gasteiger partial charge in [0.1, 0.15) is 5.01 Å². The topological polar surface area (TPSA) is 75.1 Å². The molecule has 0 aliphatic heterocycles. The van der Waals surface area contributed by atoms with Crippen molar-refractivity contribution in [2.75, 3.05) is 11.9 Å². The molecule has 5 nitrogen and oxygen atoms in total. The number of anilines is 1. The number of aliphatic carboxylic acids is 1. The Bertz CT molecular complexity index is 341. The van der Waals surface area contributed by atoms with E-state index in [9.17, 15) is 4.79 Å².